The Morgan fingerprint density at radius 2 is 1.68 bits per heavy atom. The first-order valence-electron chi connectivity index (χ1n) is 5.61. The Labute approximate surface area is 108 Å². The van der Waals surface area contributed by atoms with E-state index in [9.17, 15) is 18.9 Å². The summed E-state index contributed by atoms with van der Waals surface area (Å²) >= 11 is 0. The minimum absolute atomic E-state index is 0.0256. The van der Waals surface area contributed by atoms with Crippen molar-refractivity contribution in [3.05, 3.63) is 64.2 Å². The summed E-state index contributed by atoms with van der Waals surface area (Å²) in [5.41, 5.74) is 1.18. The second kappa shape index (κ2) is 4.76. The van der Waals surface area contributed by atoms with Gasteiger partial charge in [-0.2, -0.15) is 0 Å². The van der Waals surface area contributed by atoms with Gasteiger partial charge in [-0.25, -0.2) is 8.78 Å². The zero-order chi connectivity index (χ0) is 14.0. The highest BCUT2D eigenvalue weighted by atomic mass is 19.3. The lowest BCUT2D eigenvalue weighted by Crippen LogP contribution is -2.06. The van der Waals surface area contributed by atoms with E-state index in [0.717, 1.165) is 6.92 Å². The van der Waals surface area contributed by atoms with Crippen molar-refractivity contribution in [2.75, 3.05) is 0 Å². The molecule has 2 aromatic rings. The lowest BCUT2D eigenvalue weighted by Gasteiger charge is -2.11. The van der Waals surface area contributed by atoms with E-state index in [-0.39, 0.29) is 11.3 Å². The minimum Gasteiger partial charge on any atom is -0.258 e. The summed E-state index contributed by atoms with van der Waals surface area (Å²) in [6.45, 7) is 0.829. The van der Waals surface area contributed by atoms with Crippen molar-refractivity contribution < 1.29 is 13.7 Å². The van der Waals surface area contributed by atoms with Gasteiger partial charge in [-0.3, -0.25) is 10.1 Å². The molecule has 0 aliphatic heterocycles. The summed E-state index contributed by atoms with van der Waals surface area (Å²) in [5.74, 6) is -2.89. The molecule has 98 valence electrons. The van der Waals surface area contributed by atoms with Crippen molar-refractivity contribution in [2.24, 2.45) is 0 Å². The third kappa shape index (κ3) is 2.93. The standard InChI is InChI=1S/C14H11F2NO2/c1-14(15,16)12-7-5-10(6-8-12)11-3-2-4-13(9-11)17(18)19/h2-9H,1H3. The van der Waals surface area contributed by atoms with Crippen molar-refractivity contribution in [3.63, 3.8) is 0 Å². The van der Waals surface area contributed by atoms with Gasteiger partial charge in [0.25, 0.3) is 11.6 Å². The zero-order valence-corrected chi connectivity index (χ0v) is 10.1. The number of nitro groups is 1. The van der Waals surface area contributed by atoms with Crippen molar-refractivity contribution in [1.29, 1.82) is 0 Å². The van der Waals surface area contributed by atoms with Gasteiger partial charge in [-0.15, -0.1) is 0 Å². The number of nitro benzene ring substituents is 1. The van der Waals surface area contributed by atoms with Gasteiger partial charge in [0.2, 0.25) is 0 Å². The first kappa shape index (κ1) is 13.1. The van der Waals surface area contributed by atoms with Gasteiger partial charge in [0.05, 0.1) is 4.92 Å². The number of hydrogen-bond acceptors (Lipinski definition) is 2. The third-order valence-corrected chi connectivity index (χ3v) is 2.78. The maximum Gasteiger partial charge on any atom is 0.270 e. The molecule has 0 radical (unpaired) electrons. The molecule has 0 saturated heterocycles. The predicted molar refractivity (Wildman–Crippen MR) is 68.1 cm³/mol. The van der Waals surface area contributed by atoms with Crippen LogP contribution in [-0.4, -0.2) is 4.92 Å². The number of nitrogens with zero attached hydrogens (tertiary/aromatic N) is 1. The van der Waals surface area contributed by atoms with Crippen LogP contribution in [-0.2, 0) is 5.92 Å². The molecule has 0 saturated carbocycles. The topological polar surface area (TPSA) is 43.1 Å². The molecular formula is C14H11F2NO2. The van der Waals surface area contributed by atoms with Gasteiger partial charge in [-0.05, 0) is 11.1 Å². The fourth-order valence-corrected chi connectivity index (χ4v) is 1.75. The van der Waals surface area contributed by atoms with E-state index in [4.69, 9.17) is 0 Å². The van der Waals surface area contributed by atoms with Crippen LogP contribution in [0.4, 0.5) is 14.5 Å². The van der Waals surface area contributed by atoms with Crippen LogP contribution in [0.2, 0.25) is 0 Å². The molecule has 0 atom stereocenters. The number of rotatable bonds is 3. The van der Waals surface area contributed by atoms with E-state index in [1.165, 1.54) is 36.4 Å². The molecule has 0 aliphatic carbocycles. The van der Waals surface area contributed by atoms with E-state index >= 15 is 0 Å². The third-order valence-electron chi connectivity index (χ3n) is 2.78. The lowest BCUT2D eigenvalue weighted by atomic mass is 10.0. The predicted octanol–water partition coefficient (Wildman–Crippen LogP) is 4.37. The van der Waals surface area contributed by atoms with E-state index in [1.54, 1.807) is 12.1 Å². The van der Waals surface area contributed by atoms with Crippen molar-refractivity contribution in [2.45, 2.75) is 12.8 Å². The number of hydrogen-bond donors (Lipinski definition) is 0. The number of alkyl halides is 2. The fraction of sp³-hybridized carbons (Fsp3) is 0.143. The van der Waals surface area contributed by atoms with Crippen molar-refractivity contribution in [3.8, 4) is 11.1 Å². The highest BCUT2D eigenvalue weighted by Crippen LogP contribution is 2.30. The molecule has 0 aromatic heterocycles. The summed E-state index contributed by atoms with van der Waals surface area (Å²) < 4.78 is 26.1. The van der Waals surface area contributed by atoms with Gasteiger partial charge in [0.15, 0.2) is 0 Å². The zero-order valence-electron chi connectivity index (χ0n) is 10.1. The molecule has 0 unspecified atom stereocenters. The highest BCUT2D eigenvalue weighted by Gasteiger charge is 2.23. The quantitative estimate of drug-likeness (QED) is 0.609. The second-order valence-electron chi connectivity index (χ2n) is 4.27. The molecule has 3 nitrogen and oxygen atoms in total. The van der Waals surface area contributed by atoms with Crippen LogP contribution >= 0.6 is 0 Å². The van der Waals surface area contributed by atoms with E-state index in [1.807, 2.05) is 0 Å². The van der Waals surface area contributed by atoms with Gasteiger partial charge >= 0.3 is 0 Å². The molecule has 0 amide bonds. The molecule has 0 spiro atoms. The Kier molecular flexibility index (Phi) is 3.29. The van der Waals surface area contributed by atoms with Crippen molar-refractivity contribution in [1.82, 2.24) is 0 Å². The SMILES string of the molecule is CC(F)(F)c1ccc(-c2cccc([N+](=O)[O-])c2)cc1. The Morgan fingerprint density at radius 3 is 2.21 bits per heavy atom. The van der Waals surface area contributed by atoms with E-state index < -0.39 is 10.8 Å². The van der Waals surface area contributed by atoms with Crippen LogP contribution in [0.15, 0.2) is 48.5 Å². The summed E-state index contributed by atoms with van der Waals surface area (Å²) in [7, 11) is 0. The van der Waals surface area contributed by atoms with Crippen LogP contribution in [0, 0.1) is 10.1 Å². The Morgan fingerprint density at radius 1 is 1.05 bits per heavy atom. The van der Waals surface area contributed by atoms with E-state index in [0.29, 0.717) is 11.1 Å². The molecule has 0 heterocycles. The monoisotopic (exact) mass is 263 g/mol. The van der Waals surface area contributed by atoms with Gasteiger partial charge < -0.3 is 0 Å². The molecule has 0 bridgehead atoms. The smallest absolute Gasteiger partial charge is 0.258 e. The van der Waals surface area contributed by atoms with Crippen LogP contribution < -0.4 is 0 Å². The molecular weight excluding hydrogens is 252 g/mol. The van der Waals surface area contributed by atoms with Crippen LogP contribution in [0.1, 0.15) is 12.5 Å². The van der Waals surface area contributed by atoms with Crippen LogP contribution in [0.3, 0.4) is 0 Å². The van der Waals surface area contributed by atoms with Gasteiger partial charge in [0.1, 0.15) is 0 Å². The molecule has 0 fully saturated rings. The lowest BCUT2D eigenvalue weighted by molar-refractivity contribution is -0.384. The Hall–Kier alpha value is -2.30. The average molecular weight is 263 g/mol. The molecule has 0 aliphatic rings. The maximum absolute atomic E-state index is 13.1. The summed E-state index contributed by atoms with van der Waals surface area (Å²) in [6, 6.07) is 11.8. The number of benzene rings is 2. The van der Waals surface area contributed by atoms with E-state index in [2.05, 4.69) is 0 Å². The summed E-state index contributed by atoms with van der Waals surface area (Å²) in [6.07, 6.45) is 0. The van der Waals surface area contributed by atoms with Crippen LogP contribution in [0.5, 0.6) is 0 Å². The minimum atomic E-state index is -2.89. The normalized spacial score (nSPS) is 11.3. The first-order chi connectivity index (χ1) is 8.88. The molecule has 19 heavy (non-hydrogen) atoms. The Balaban J connectivity index is 2.37. The summed E-state index contributed by atoms with van der Waals surface area (Å²) in [5, 5.41) is 10.7. The molecule has 2 rings (SSSR count). The molecule has 0 N–H and O–H groups in total. The summed E-state index contributed by atoms with van der Waals surface area (Å²) in [4.78, 5) is 10.2. The maximum atomic E-state index is 13.1. The highest BCUT2D eigenvalue weighted by molar-refractivity contribution is 5.66. The largest absolute Gasteiger partial charge is 0.270 e. The van der Waals surface area contributed by atoms with Crippen molar-refractivity contribution >= 4 is 5.69 Å². The second-order valence-corrected chi connectivity index (χ2v) is 4.27. The Bertz CT molecular complexity index is 604. The fourth-order valence-electron chi connectivity index (χ4n) is 1.75. The number of halogens is 2. The molecule has 5 heteroatoms. The number of non-ortho nitro benzene ring substituents is 1. The molecule has 2 aromatic carbocycles. The van der Waals surface area contributed by atoms with Crippen LogP contribution in [0.25, 0.3) is 11.1 Å². The van der Waals surface area contributed by atoms with Gasteiger partial charge in [-0.1, -0.05) is 36.4 Å². The average Bonchev–Trinajstić information content (AvgIpc) is 2.38. The first-order valence-corrected chi connectivity index (χ1v) is 5.61. The van der Waals surface area contributed by atoms with Gasteiger partial charge in [0, 0.05) is 24.6 Å².